The number of ether oxygens (including phenoxy) is 1. The van der Waals surface area contributed by atoms with Gasteiger partial charge < -0.3 is 14.7 Å². The van der Waals surface area contributed by atoms with Crippen LogP contribution in [-0.2, 0) is 4.74 Å². The molecule has 1 aliphatic carbocycles. The van der Waals surface area contributed by atoms with Gasteiger partial charge in [-0.05, 0) is 37.1 Å². The molecule has 0 radical (unpaired) electrons. The Hall–Kier alpha value is -3.16. The van der Waals surface area contributed by atoms with Gasteiger partial charge in [0.05, 0.1) is 40.5 Å². The van der Waals surface area contributed by atoms with Crippen LogP contribution in [-0.4, -0.2) is 51.9 Å². The van der Waals surface area contributed by atoms with Gasteiger partial charge in [-0.25, -0.2) is 9.78 Å². The van der Waals surface area contributed by atoms with Crippen LogP contribution in [0.2, 0.25) is 5.02 Å². The van der Waals surface area contributed by atoms with Crippen molar-refractivity contribution in [2.75, 3.05) is 31.2 Å². The predicted octanol–water partition coefficient (Wildman–Crippen LogP) is 4.64. The van der Waals surface area contributed by atoms with E-state index in [0.717, 1.165) is 59.5 Å². The Balaban J connectivity index is 1.67. The number of para-hydroxylation sites is 1. The van der Waals surface area contributed by atoms with Crippen LogP contribution in [0.3, 0.4) is 0 Å². The Kier molecular flexibility index (Phi) is 4.55. The lowest BCUT2D eigenvalue weighted by Crippen LogP contribution is -2.36. The van der Waals surface area contributed by atoms with Gasteiger partial charge in [0.1, 0.15) is 11.3 Å². The average Bonchev–Trinajstić information content (AvgIpc) is 3.59. The number of carbonyl (C=O) groups is 1. The molecule has 32 heavy (non-hydrogen) atoms. The highest BCUT2D eigenvalue weighted by Gasteiger charge is 2.32. The molecule has 1 aliphatic heterocycles. The Morgan fingerprint density at radius 1 is 1.12 bits per heavy atom. The molecule has 162 valence electrons. The van der Waals surface area contributed by atoms with Gasteiger partial charge in [0.2, 0.25) is 0 Å². The molecule has 4 aromatic rings. The topological polar surface area (TPSA) is 80.5 Å². The molecule has 0 atom stereocenters. The number of aromatic nitrogens is 3. The minimum atomic E-state index is -0.972. The fourth-order valence-corrected chi connectivity index (χ4v) is 4.76. The van der Waals surface area contributed by atoms with Crippen molar-refractivity contribution in [1.82, 2.24) is 14.5 Å². The van der Waals surface area contributed by atoms with E-state index in [2.05, 4.69) is 20.5 Å². The van der Waals surface area contributed by atoms with Crippen LogP contribution in [0.5, 0.6) is 0 Å². The SMILES string of the molecule is O=C(O)c1cc(N2CCOCC2)cc2c1nc(C1CC1)n2-c1ccnc2c(Cl)cccc12. The monoisotopic (exact) mass is 448 g/mol. The van der Waals surface area contributed by atoms with Crippen LogP contribution < -0.4 is 4.90 Å². The lowest BCUT2D eigenvalue weighted by atomic mass is 10.1. The number of halogens is 1. The zero-order valence-corrected chi connectivity index (χ0v) is 18.0. The van der Waals surface area contributed by atoms with E-state index < -0.39 is 5.97 Å². The van der Waals surface area contributed by atoms with E-state index in [4.69, 9.17) is 21.3 Å². The third kappa shape index (κ3) is 3.12. The number of anilines is 1. The van der Waals surface area contributed by atoms with Crippen LogP contribution in [0.15, 0.2) is 42.6 Å². The van der Waals surface area contributed by atoms with Crippen molar-refractivity contribution < 1.29 is 14.6 Å². The maximum atomic E-state index is 12.2. The van der Waals surface area contributed by atoms with Crippen LogP contribution >= 0.6 is 11.6 Å². The summed E-state index contributed by atoms with van der Waals surface area (Å²) in [5, 5.41) is 11.5. The molecule has 2 aromatic heterocycles. The van der Waals surface area contributed by atoms with Gasteiger partial charge in [0, 0.05) is 36.3 Å². The second-order valence-electron chi connectivity index (χ2n) is 8.31. The summed E-state index contributed by atoms with van der Waals surface area (Å²) in [6.07, 6.45) is 3.84. The van der Waals surface area contributed by atoms with Crippen molar-refractivity contribution in [3.8, 4) is 5.69 Å². The van der Waals surface area contributed by atoms with Gasteiger partial charge in [0.25, 0.3) is 0 Å². The first kappa shape index (κ1) is 19.5. The molecule has 7 nitrogen and oxygen atoms in total. The second kappa shape index (κ2) is 7.46. The van der Waals surface area contributed by atoms with Gasteiger partial charge in [-0.15, -0.1) is 0 Å². The molecule has 0 bridgehead atoms. The number of fused-ring (bicyclic) bond motifs is 2. The van der Waals surface area contributed by atoms with Crippen molar-refractivity contribution in [1.29, 1.82) is 0 Å². The number of carboxylic acids is 1. The lowest BCUT2D eigenvalue weighted by molar-refractivity contribution is 0.0699. The number of rotatable bonds is 4. The standard InChI is InChI=1S/C24H21ClN4O3/c25-18-3-1-2-16-19(6-7-26-21(16)18)29-20-13-15(28-8-10-32-11-9-28)12-17(24(30)31)22(20)27-23(29)14-4-5-14/h1-3,6-7,12-14H,4-5,8-11H2,(H,30,31). The van der Waals surface area contributed by atoms with Crippen LogP contribution in [0, 0.1) is 0 Å². The highest BCUT2D eigenvalue weighted by Crippen LogP contribution is 2.43. The summed E-state index contributed by atoms with van der Waals surface area (Å²) in [6, 6.07) is 11.5. The number of hydrogen-bond donors (Lipinski definition) is 1. The number of morpholine rings is 1. The van der Waals surface area contributed by atoms with E-state index in [1.165, 1.54) is 0 Å². The first-order valence-corrected chi connectivity index (χ1v) is 11.2. The number of carboxylic acid groups (broad SMARTS) is 1. The molecule has 1 saturated carbocycles. The molecule has 2 fully saturated rings. The fraction of sp³-hybridized carbons (Fsp3) is 0.292. The molecule has 0 amide bonds. The minimum Gasteiger partial charge on any atom is -0.478 e. The van der Waals surface area contributed by atoms with E-state index in [-0.39, 0.29) is 5.56 Å². The van der Waals surface area contributed by atoms with E-state index >= 15 is 0 Å². The van der Waals surface area contributed by atoms with E-state index in [1.54, 1.807) is 12.3 Å². The summed E-state index contributed by atoms with van der Waals surface area (Å²) in [7, 11) is 0. The molecule has 1 N–H and O–H groups in total. The maximum absolute atomic E-state index is 12.2. The fourth-order valence-electron chi connectivity index (χ4n) is 4.54. The van der Waals surface area contributed by atoms with Gasteiger partial charge in [-0.3, -0.25) is 9.55 Å². The molecule has 1 saturated heterocycles. The van der Waals surface area contributed by atoms with Crippen LogP contribution in [0.25, 0.3) is 27.6 Å². The van der Waals surface area contributed by atoms with Crippen molar-refractivity contribution in [3.63, 3.8) is 0 Å². The zero-order chi connectivity index (χ0) is 21.8. The quantitative estimate of drug-likeness (QED) is 0.490. The number of nitrogens with zero attached hydrogens (tertiary/aromatic N) is 4. The molecule has 3 heterocycles. The predicted molar refractivity (Wildman–Crippen MR) is 123 cm³/mol. The third-order valence-electron chi connectivity index (χ3n) is 6.26. The summed E-state index contributed by atoms with van der Waals surface area (Å²) in [6.45, 7) is 2.70. The summed E-state index contributed by atoms with van der Waals surface area (Å²) in [4.78, 5) is 23.8. The lowest BCUT2D eigenvalue weighted by Gasteiger charge is -2.29. The second-order valence-corrected chi connectivity index (χ2v) is 8.72. The van der Waals surface area contributed by atoms with E-state index in [9.17, 15) is 9.90 Å². The Morgan fingerprint density at radius 3 is 2.69 bits per heavy atom. The number of pyridine rings is 1. The van der Waals surface area contributed by atoms with Crippen molar-refractivity contribution in [3.05, 3.63) is 59.0 Å². The Labute approximate surface area is 189 Å². The number of aromatic carboxylic acids is 1. The normalized spacial score (nSPS) is 16.7. The first-order valence-electron chi connectivity index (χ1n) is 10.8. The molecule has 2 aromatic carbocycles. The Morgan fingerprint density at radius 2 is 1.94 bits per heavy atom. The Bertz CT molecular complexity index is 1370. The van der Waals surface area contributed by atoms with Gasteiger partial charge in [-0.1, -0.05) is 23.7 Å². The van der Waals surface area contributed by atoms with Gasteiger partial charge >= 0.3 is 5.97 Å². The largest absolute Gasteiger partial charge is 0.478 e. The summed E-state index contributed by atoms with van der Waals surface area (Å²) < 4.78 is 7.60. The molecule has 2 aliphatic rings. The summed E-state index contributed by atoms with van der Waals surface area (Å²) in [5.74, 6) is 0.243. The van der Waals surface area contributed by atoms with Crippen LogP contribution in [0.1, 0.15) is 34.9 Å². The summed E-state index contributed by atoms with van der Waals surface area (Å²) in [5.41, 5.74) is 4.04. The van der Waals surface area contributed by atoms with E-state index in [1.807, 2.05) is 24.3 Å². The number of benzene rings is 2. The molecule has 8 heteroatoms. The average molecular weight is 449 g/mol. The molecule has 0 spiro atoms. The zero-order valence-electron chi connectivity index (χ0n) is 17.3. The first-order chi connectivity index (χ1) is 15.6. The van der Waals surface area contributed by atoms with Crippen molar-refractivity contribution in [2.45, 2.75) is 18.8 Å². The highest BCUT2D eigenvalue weighted by molar-refractivity contribution is 6.35. The smallest absolute Gasteiger partial charge is 0.338 e. The molecule has 6 rings (SSSR count). The van der Waals surface area contributed by atoms with Crippen LogP contribution in [0.4, 0.5) is 5.69 Å². The summed E-state index contributed by atoms with van der Waals surface area (Å²) >= 11 is 6.43. The van der Waals surface area contributed by atoms with Crippen molar-refractivity contribution in [2.24, 2.45) is 0 Å². The number of imidazole rings is 1. The number of hydrogen-bond acceptors (Lipinski definition) is 5. The van der Waals surface area contributed by atoms with Gasteiger partial charge in [0.15, 0.2) is 0 Å². The van der Waals surface area contributed by atoms with E-state index in [0.29, 0.717) is 29.7 Å². The molecular formula is C24H21ClN4O3. The minimum absolute atomic E-state index is 0.223. The molecular weight excluding hydrogens is 428 g/mol. The third-order valence-corrected chi connectivity index (χ3v) is 6.56. The molecule has 0 unspecified atom stereocenters. The maximum Gasteiger partial charge on any atom is 0.338 e. The highest BCUT2D eigenvalue weighted by atomic mass is 35.5. The van der Waals surface area contributed by atoms with Crippen molar-refractivity contribution >= 4 is 45.2 Å². The van der Waals surface area contributed by atoms with Gasteiger partial charge in [-0.2, -0.15) is 0 Å².